The van der Waals surface area contributed by atoms with E-state index in [1.807, 2.05) is 6.92 Å². The zero-order valence-electron chi connectivity index (χ0n) is 6.97. The molecule has 0 bridgehead atoms. The average Bonchev–Trinajstić information content (AvgIpc) is 2.36. The molecule has 11 heavy (non-hydrogen) atoms. The third-order valence-electron chi connectivity index (χ3n) is 2.19. The molecule has 1 fully saturated rings. The lowest BCUT2D eigenvalue weighted by molar-refractivity contribution is -0.124. The van der Waals surface area contributed by atoms with E-state index in [1.165, 1.54) is 0 Å². The lowest BCUT2D eigenvalue weighted by Gasteiger charge is -2.08. The molecule has 0 aliphatic heterocycles. The van der Waals surface area contributed by atoms with E-state index in [9.17, 15) is 4.79 Å². The normalized spacial score (nSPS) is 30.4. The van der Waals surface area contributed by atoms with E-state index in [4.69, 9.17) is 5.73 Å². The maximum atomic E-state index is 11.2. The van der Waals surface area contributed by atoms with Crippen molar-refractivity contribution in [2.45, 2.75) is 32.2 Å². The summed E-state index contributed by atoms with van der Waals surface area (Å²) in [4.78, 5) is 11.2. The summed E-state index contributed by atoms with van der Waals surface area (Å²) in [5, 5.41) is 2.81. The summed E-state index contributed by atoms with van der Waals surface area (Å²) < 4.78 is 0. The Balaban J connectivity index is 2.31. The second-order valence-corrected chi connectivity index (χ2v) is 3.16. The molecule has 2 atom stereocenters. The van der Waals surface area contributed by atoms with Crippen LogP contribution in [0, 0.1) is 5.92 Å². The van der Waals surface area contributed by atoms with Crippen LogP contribution in [-0.2, 0) is 4.79 Å². The second kappa shape index (κ2) is 3.72. The molecule has 1 rings (SSSR count). The van der Waals surface area contributed by atoms with Gasteiger partial charge in [-0.3, -0.25) is 4.79 Å². The van der Waals surface area contributed by atoms with E-state index in [0.717, 1.165) is 25.8 Å². The van der Waals surface area contributed by atoms with Gasteiger partial charge in [-0.15, -0.1) is 0 Å². The average molecular weight is 156 g/mol. The zero-order chi connectivity index (χ0) is 8.27. The van der Waals surface area contributed by atoms with Gasteiger partial charge < -0.3 is 11.1 Å². The molecule has 64 valence electrons. The molecular weight excluding hydrogens is 140 g/mol. The highest BCUT2D eigenvalue weighted by atomic mass is 16.1. The topological polar surface area (TPSA) is 55.1 Å². The van der Waals surface area contributed by atoms with Crippen LogP contribution in [-0.4, -0.2) is 18.5 Å². The molecule has 0 aromatic carbocycles. The van der Waals surface area contributed by atoms with Gasteiger partial charge in [-0.05, 0) is 26.2 Å². The molecule has 0 radical (unpaired) electrons. The van der Waals surface area contributed by atoms with Crippen LogP contribution in [0.25, 0.3) is 0 Å². The van der Waals surface area contributed by atoms with E-state index in [2.05, 4.69) is 5.32 Å². The van der Waals surface area contributed by atoms with E-state index in [0.29, 0.717) is 0 Å². The minimum atomic E-state index is 0.181. The van der Waals surface area contributed by atoms with Gasteiger partial charge in [-0.25, -0.2) is 0 Å². The zero-order valence-corrected chi connectivity index (χ0v) is 6.97. The molecule has 1 aliphatic carbocycles. The van der Waals surface area contributed by atoms with Crippen molar-refractivity contribution in [3.63, 3.8) is 0 Å². The SMILES string of the molecule is CCNC(=O)[C@@H]1CC[C@H](N)C1. The number of hydrogen-bond donors (Lipinski definition) is 2. The van der Waals surface area contributed by atoms with Gasteiger partial charge in [0.1, 0.15) is 0 Å². The molecule has 0 saturated heterocycles. The van der Waals surface area contributed by atoms with Gasteiger partial charge >= 0.3 is 0 Å². The third-order valence-corrected chi connectivity index (χ3v) is 2.19. The minimum absolute atomic E-state index is 0.181. The number of hydrogen-bond acceptors (Lipinski definition) is 2. The minimum Gasteiger partial charge on any atom is -0.356 e. The lowest BCUT2D eigenvalue weighted by Crippen LogP contribution is -2.30. The van der Waals surface area contributed by atoms with Gasteiger partial charge in [-0.2, -0.15) is 0 Å². The van der Waals surface area contributed by atoms with Crippen LogP contribution >= 0.6 is 0 Å². The summed E-state index contributed by atoms with van der Waals surface area (Å²) in [6.07, 6.45) is 2.83. The van der Waals surface area contributed by atoms with Crippen molar-refractivity contribution >= 4 is 5.91 Å². The fourth-order valence-electron chi connectivity index (χ4n) is 1.57. The Labute approximate surface area is 67.3 Å². The summed E-state index contributed by atoms with van der Waals surface area (Å²) >= 11 is 0. The summed E-state index contributed by atoms with van der Waals surface area (Å²) in [5.41, 5.74) is 5.68. The van der Waals surface area contributed by atoms with E-state index < -0.39 is 0 Å². The largest absolute Gasteiger partial charge is 0.356 e. The van der Waals surface area contributed by atoms with Crippen molar-refractivity contribution in [2.24, 2.45) is 11.7 Å². The van der Waals surface area contributed by atoms with E-state index >= 15 is 0 Å². The van der Waals surface area contributed by atoms with Crippen molar-refractivity contribution in [3.8, 4) is 0 Å². The fourth-order valence-corrected chi connectivity index (χ4v) is 1.57. The predicted molar refractivity (Wildman–Crippen MR) is 44.0 cm³/mol. The van der Waals surface area contributed by atoms with Crippen LogP contribution in [0.2, 0.25) is 0 Å². The van der Waals surface area contributed by atoms with Gasteiger partial charge in [-0.1, -0.05) is 0 Å². The predicted octanol–water partition coefficient (Wildman–Crippen LogP) is 0.250. The monoisotopic (exact) mass is 156 g/mol. The molecule has 0 aromatic heterocycles. The Bertz CT molecular complexity index is 147. The highest BCUT2D eigenvalue weighted by Crippen LogP contribution is 2.23. The summed E-state index contributed by atoms with van der Waals surface area (Å²) in [5.74, 6) is 0.366. The van der Waals surface area contributed by atoms with Crippen molar-refractivity contribution in [1.29, 1.82) is 0 Å². The fraction of sp³-hybridized carbons (Fsp3) is 0.875. The first-order valence-electron chi connectivity index (χ1n) is 4.27. The molecule has 0 spiro atoms. The number of rotatable bonds is 2. The first kappa shape index (κ1) is 8.53. The molecule has 1 amide bonds. The molecule has 0 unspecified atom stereocenters. The van der Waals surface area contributed by atoms with Crippen molar-refractivity contribution in [2.75, 3.05) is 6.54 Å². The van der Waals surface area contributed by atoms with E-state index in [-0.39, 0.29) is 17.9 Å². The Morgan fingerprint density at radius 2 is 2.36 bits per heavy atom. The molecular formula is C8H16N2O. The number of nitrogens with two attached hydrogens (primary N) is 1. The van der Waals surface area contributed by atoms with Crippen LogP contribution in [0.4, 0.5) is 0 Å². The third kappa shape index (κ3) is 2.19. The second-order valence-electron chi connectivity index (χ2n) is 3.16. The number of carbonyl (C=O) groups is 1. The van der Waals surface area contributed by atoms with Crippen molar-refractivity contribution in [3.05, 3.63) is 0 Å². The van der Waals surface area contributed by atoms with Gasteiger partial charge in [0.2, 0.25) is 5.91 Å². The Morgan fingerprint density at radius 3 is 2.82 bits per heavy atom. The Hall–Kier alpha value is -0.570. The van der Waals surface area contributed by atoms with Crippen LogP contribution in [0.5, 0.6) is 0 Å². The lowest BCUT2D eigenvalue weighted by atomic mass is 10.1. The summed E-state index contributed by atoms with van der Waals surface area (Å²) in [6, 6.07) is 0.252. The van der Waals surface area contributed by atoms with Crippen LogP contribution in [0.3, 0.4) is 0 Å². The van der Waals surface area contributed by atoms with Gasteiger partial charge in [0.05, 0.1) is 0 Å². The van der Waals surface area contributed by atoms with Crippen LogP contribution in [0.15, 0.2) is 0 Å². The van der Waals surface area contributed by atoms with Crippen LogP contribution in [0.1, 0.15) is 26.2 Å². The van der Waals surface area contributed by atoms with E-state index in [1.54, 1.807) is 0 Å². The highest BCUT2D eigenvalue weighted by Gasteiger charge is 2.26. The maximum absolute atomic E-state index is 11.2. The summed E-state index contributed by atoms with van der Waals surface area (Å²) in [7, 11) is 0. The molecule has 0 heterocycles. The van der Waals surface area contributed by atoms with Crippen molar-refractivity contribution in [1.82, 2.24) is 5.32 Å². The number of amides is 1. The van der Waals surface area contributed by atoms with Crippen molar-refractivity contribution < 1.29 is 4.79 Å². The molecule has 1 aliphatic rings. The standard InChI is InChI=1S/C8H16N2O/c1-2-10-8(11)6-3-4-7(9)5-6/h6-7H,2-5,9H2,1H3,(H,10,11)/t6-,7+/m1/s1. The quantitative estimate of drug-likeness (QED) is 0.602. The van der Waals surface area contributed by atoms with Crippen LogP contribution < -0.4 is 11.1 Å². The smallest absolute Gasteiger partial charge is 0.223 e. The Morgan fingerprint density at radius 1 is 1.64 bits per heavy atom. The molecule has 1 saturated carbocycles. The van der Waals surface area contributed by atoms with Gasteiger partial charge in [0.15, 0.2) is 0 Å². The molecule has 0 aromatic rings. The highest BCUT2D eigenvalue weighted by molar-refractivity contribution is 5.78. The first-order valence-corrected chi connectivity index (χ1v) is 4.27. The molecule has 3 nitrogen and oxygen atoms in total. The van der Waals surface area contributed by atoms with Gasteiger partial charge in [0, 0.05) is 18.5 Å². The Kier molecular flexibility index (Phi) is 2.88. The van der Waals surface area contributed by atoms with Gasteiger partial charge in [0.25, 0.3) is 0 Å². The summed E-state index contributed by atoms with van der Waals surface area (Å²) in [6.45, 7) is 2.66. The first-order chi connectivity index (χ1) is 5.24. The molecule has 3 heteroatoms. The molecule has 3 N–H and O–H groups in total. The maximum Gasteiger partial charge on any atom is 0.223 e. The number of carbonyl (C=O) groups excluding carboxylic acids is 1. The number of nitrogens with one attached hydrogen (secondary N) is 1.